The highest BCUT2D eigenvalue weighted by Gasteiger charge is 2.36. The highest BCUT2D eigenvalue weighted by molar-refractivity contribution is 7.89. The summed E-state index contributed by atoms with van der Waals surface area (Å²) >= 11 is 0. The van der Waals surface area contributed by atoms with E-state index in [2.05, 4.69) is 0 Å². The Morgan fingerprint density at radius 2 is 2.19 bits per heavy atom. The molecule has 1 aliphatic rings. The summed E-state index contributed by atoms with van der Waals surface area (Å²) in [7, 11) is -3.75. The summed E-state index contributed by atoms with van der Waals surface area (Å²) in [6.45, 7) is 0.313. The van der Waals surface area contributed by atoms with Crippen LogP contribution in [0.25, 0.3) is 0 Å². The van der Waals surface area contributed by atoms with Crippen molar-refractivity contribution in [1.29, 1.82) is 0 Å². The van der Waals surface area contributed by atoms with Gasteiger partial charge in [-0.25, -0.2) is 12.8 Å². The van der Waals surface area contributed by atoms with Gasteiger partial charge in [0.05, 0.1) is 4.90 Å². The van der Waals surface area contributed by atoms with Crippen LogP contribution in [0.2, 0.25) is 0 Å². The number of hydrogen-bond donors (Lipinski definition) is 2. The molecule has 1 fully saturated rings. The first-order chi connectivity index (χ1) is 10.0. The summed E-state index contributed by atoms with van der Waals surface area (Å²) in [5.74, 6) is -0.593. The minimum Gasteiger partial charge on any atom is -0.396 e. The molecule has 0 spiro atoms. The number of aliphatic hydroxyl groups excluding tert-OH is 1. The Balaban J connectivity index is 2.35. The molecule has 7 heteroatoms. The number of sulfonamides is 1. The highest BCUT2D eigenvalue weighted by Crippen LogP contribution is 2.30. The largest absolute Gasteiger partial charge is 0.396 e. The third kappa shape index (κ3) is 3.26. The molecule has 0 bridgehead atoms. The maximum atomic E-state index is 13.8. The zero-order chi connectivity index (χ0) is 15.5. The monoisotopic (exact) mass is 316 g/mol. The lowest BCUT2D eigenvalue weighted by Crippen LogP contribution is -2.36. The van der Waals surface area contributed by atoms with Gasteiger partial charge in [0, 0.05) is 31.3 Å². The van der Waals surface area contributed by atoms with Crippen LogP contribution < -0.4 is 5.73 Å². The molecule has 1 atom stereocenters. The van der Waals surface area contributed by atoms with Crippen molar-refractivity contribution in [2.45, 2.75) is 43.2 Å². The molecule has 1 unspecified atom stereocenters. The van der Waals surface area contributed by atoms with Crippen molar-refractivity contribution in [3.8, 4) is 0 Å². The van der Waals surface area contributed by atoms with Gasteiger partial charge >= 0.3 is 0 Å². The van der Waals surface area contributed by atoms with Crippen LogP contribution in [0.4, 0.5) is 4.39 Å². The molecule has 3 N–H and O–H groups in total. The third-order valence-corrected chi connectivity index (χ3v) is 5.92. The van der Waals surface area contributed by atoms with E-state index in [0.717, 1.165) is 12.8 Å². The average Bonchev–Trinajstić information content (AvgIpc) is 2.94. The fraction of sp³-hybridized carbons (Fsp3) is 0.571. The topological polar surface area (TPSA) is 83.6 Å². The minimum atomic E-state index is -3.75. The van der Waals surface area contributed by atoms with Crippen LogP contribution in [0.15, 0.2) is 23.1 Å². The number of aliphatic hydroxyl groups is 1. The molecule has 21 heavy (non-hydrogen) atoms. The molecule has 1 aromatic carbocycles. The van der Waals surface area contributed by atoms with Crippen molar-refractivity contribution in [2.75, 3.05) is 13.2 Å². The molecule has 1 aliphatic heterocycles. The molecule has 2 rings (SSSR count). The lowest BCUT2D eigenvalue weighted by Gasteiger charge is -2.25. The van der Waals surface area contributed by atoms with E-state index in [1.54, 1.807) is 0 Å². The Bertz CT molecular complexity index is 592. The number of halogens is 1. The zero-order valence-electron chi connectivity index (χ0n) is 11.8. The fourth-order valence-corrected chi connectivity index (χ4v) is 4.81. The van der Waals surface area contributed by atoms with E-state index in [9.17, 15) is 12.8 Å². The van der Waals surface area contributed by atoms with Crippen LogP contribution in [0.5, 0.6) is 0 Å². The van der Waals surface area contributed by atoms with Gasteiger partial charge in [-0.3, -0.25) is 0 Å². The Kier molecular flexibility index (Phi) is 5.32. The standard InChI is InChI=1S/C14H21FN2O3S/c15-13-6-1-7-14(12(13)10-16)21(19,20)17-8-2-4-11(17)5-3-9-18/h1,6-7,11,18H,2-5,8-10,16H2. The SMILES string of the molecule is NCc1c(F)cccc1S(=O)(=O)N1CCCC1CCCO. The van der Waals surface area contributed by atoms with Gasteiger partial charge in [-0.15, -0.1) is 0 Å². The van der Waals surface area contributed by atoms with Crippen molar-refractivity contribution in [3.63, 3.8) is 0 Å². The minimum absolute atomic E-state index is 0.0327. The molecule has 118 valence electrons. The van der Waals surface area contributed by atoms with Crippen LogP contribution in [-0.4, -0.2) is 37.0 Å². The van der Waals surface area contributed by atoms with Gasteiger partial charge in [-0.05, 0) is 37.8 Å². The second-order valence-corrected chi connectivity index (χ2v) is 7.06. The maximum absolute atomic E-state index is 13.8. The van der Waals surface area contributed by atoms with Gasteiger partial charge in [0.2, 0.25) is 10.0 Å². The molecule has 1 aromatic rings. The van der Waals surface area contributed by atoms with Crippen molar-refractivity contribution < 1.29 is 17.9 Å². The first-order valence-electron chi connectivity index (χ1n) is 7.12. The Morgan fingerprint density at radius 1 is 1.43 bits per heavy atom. The normalized spacial score (nSPS) is 20.0. The van der Waals surface area contributed by atoms with Crippen LogP contribution in [0, 0.1) is 5.82 Å². The van der Waals surface area contributed by atoms with Gasteiger partial charge in [0.15, 0.2) is 0 Å². The summed E-state index contributed by atoms with van der Waals surface area (Å²) < 4.78 is 40.8. The molecule has 5 nitrogen and oxygen atoms in total. The molecular formula is C14H21FN2O3S. The molecule has 1 saturated heterocycles. The summed E-state index contributed by atoms with van der Waals surface area (Å²) in [6.07, 6.45) is 2.72. The number of hydrogen-bond acceptors (Lipinski definition) is 4. The van der Waals surface area contributed by atoms with Crippen LogP contribution >= 0.6 is 0 Å². The molecule has 0 saturated carbocycles. The number of rotatable bonds is 6. The third-order valence-electron chi connectivity index (χ3n) is 3.89. The van der Waals surface area contributed by atoms with E-state index in [-0.39, 0.29) is 29.7 Å². The lowest BCUT2D eigenvalue weighted by molar-refractivity contribution is 0.264. The molecule has 0 amide bonds. The van der Waals surface area contributed by atoms with Crippen molar-refractivity contribution >= 4 is 10.0 Å². The van der Waals surface area contributed by atoms with Gasteiger partial charge in [0.25, 0.3) is 0 Å². The predicted octanol–water partition coefficient (Wildman–Crippen LogP) is 1.21. The van der Waals surface area contributed by atoms with Gasteiger partial charge < -0.3 is 10.8 Å². The molecular weight excluding hydrogens is 295 g/mol. The van der Waals surface area contributed by atoms with Gasteiger partial charge in [0.1, 0.15) is 5.82 Å². The van der Waals surface area contributed by atoms with Crippen molar-refractivity contribution in [1.82, 2.24) is 4.31 Å². The first-order valence-corrected chi connectivity index (χ1v) is 8.56. The van der Waals surface area contributed by atoms with E-state index in [4.69, 9.17) is 10.8 Å². The van der Waals surface area contributed by atoms with Gasteiger partial charge in [-0.2, -0.15) is 4.31 Å². The van der Waals surface area contributed by atoms with E-state index < -0.39 is 15.8 Å². The maximum Gasteiger partial charge on any atom is 0.243 e. The van der Waals surface area contributed by atoms with Crippen LogP contribution in [0.3, 0.4) is 0 Å². The van der Waals surface area contributed by atoms with E-state index >= 15 is 0 Å². The summed E-state index contributed by atoms with van der Waals surface area (Å²) in [5, 5.41) is 8.92. The summed E-state index contributed by atoms with van der Waals surface area (Å²) in [5.41, 5.74) is 5.54. The molecule has 0 radical (unpaired) electrons. The van der Waals surface area contributed by atoms with E-state index in [0.29, 0.717) is 19.4 Å². The van der Waals surface area contributed by atoms with Crippen molar-refractivity contribution in [2.24, 2.45) is 5.73 Å². The van der Waals surface area contributed by atoms with Crippen LogP contribution in [-0.2, 0) is 16.6 Å². The van der Waals surface area contributed by atoms with Gasteiger partial charge in [-0.1, -0.05) is 6.07 Å². The second-order valence-electron chi connectivity index (χ2n) is 5.20. The quantitative estimate of drug-likeness (QED) is 0.826. The Labute approximate surface area is 124 Å². The first kappa shape index (κ1) is 16.4. The second kappa shape index (κ2) is 6.83. The van der Waals surface area contributed by atoms with E-state index in [1.807, 2.05) is 0 Å². The van der Waals surface area contributed by atoms with Crippen LogP contribution in [0.1, 0.15) is 31.2 Å². The fourth-order valence-electron chi connectivity index (χ4n) is 2.85. The Morgan fingerprint density at radius 3 is 2.86 bits per heavy atom. The predicted molar refractivity (Wildman–Crippen MR) is 77.5 cm³/mol. The smallest absolute Gasteiger partial charge is 0.243 e. The zero-order valence-corrected chi connectivity index (χ0v) is 12.7. The number of nitrogens with two attached hydrogens (primary N) is 1. The lowest BCUT2D eigenvalue weighted by atomic mass is 10.1. The molecule has 0 aliphatic carbocycles. The molecule has 1 heterocycles. The number of nitrogens with zero attached hydrogens (tertiary/aromatic N) is 1. The molecule has 0 aromatic heterocycles. The summed E-state index contributed by atoms with van der Waals surface area (Å²) in [4.78, 5) is -0.0408. The average molecular weight is 316 g/mol. The number of benzene rings is 1. The Hall–Kier alpha value is -1.02. The van der Waals surface area contributed by atoms with E-state index in [1.165, 1.54) is 22.5 Å². The van der Waals surface area contributed by atoms with Crippen molar-refractivity contribution in [3.05, 3.63) is 29.6 Å². The highest BCUT2D eigenvalue weighted by atomic mass is 32.2. The summed E-state index contributed by atoms with van der Waals surface area (Å²) in [6, 6.07) is 3.88.